The van der Waals surface area contributed by atoms with Crippen molar-refractivity contribution in [2.75, 3.05) is 4.90 Å². The summed E-state index contributed by atoms with van der Waals surface area (Å²) in [4.78, 5) is 19.5. The molecule has 0 spiro atoms. The van der Waals surface area contributed by atoms with Crippen molar-refractivity contribution < 1.29 is 4.84 Å². The number of aryl methyl sites for hydroxylation is 2. The van der Waals surface area contributed by atoms with Gasteiger partial charge in [0.1, 0.15) is 12.7 Å². The first-order chi connectivity index (χ1) is 21.1. The highest BCUT2D eigenvalue weighted by molar-refractivity contribution is 7.99. The maximum absolute atomic E-state index is 6.70. The number of para-hydroxylation sites is 1. The maximum Gasteiger partial charge on any atom is 0.242 e. The van der Waals surface area contributed by atoms with E-state index in [0.29, 0.717) is 6.42 Å². The Kier molecular flexibility index (Phi) is 6.04. The molecule has 0 amide bonds. The quantitative estimate of drug-likeness (QED) is 0.213. The number of aromatic nitrogens is 4. The summed E-state index contributed by atoms with van der Waals surface area (Å²) < 4.78 is 1.77. The fraction of sp³-hybridized carbons (Fsp3) is 0.143. The van der Waals surface area contributed by atoms with E-state index >= 15 is 0 Å². The van der Waals surface area contributed by atoms with Crippen molar-refractivity contribution in [1.82, 2.24) is 19.7 Å². The molecule has 7 nitrogen and oxygen atoms in total. The molecule has 4 aromatic carbocycles. The molecule has 4 heterocycles. The molecule has 2 unspecified atom stereocenters. The van der Waals surface area contributed by atoms with Gasteiger partial charge in [0.25, 0.3) is 0 Å². The van der Waals surface area contributed by atoms with Gasteiger partial charge in [0, 0.05) is 38.6 Å². The van der Waals surface area contributed by atoms with Crippen LogP contribution in [-0.2, 0) is 10.6 Å². The number of fused-ring (bicyclic) bond motifs is 4. The molecule has 2 aromatic heterocycles. The van der Waals surface area contributed by atoms with Crippen molar-refractivity contribution in [2.45, 2.75) is 36.1 Å². The SMILES string of the molecule is Cc1ccc(C2=NOC3(c4ccccc4)CC(c4cc5cc(C)ccc5nc4-n4cncn4)Sc4ccccc4N23)cc1. The molecule has 0 fully saturated rings. The van der Waals surface area contributed by atoms with Crippen molar-refractivity contribution in [2.24, 2.45) is 5.16 Å². The van der Waals surface area contributed by atoms with Gasteiger partial charge in [0.2, 0.25) is 5.72 Å². The highest BCUT2D eigenvalue weighted by Gasteiger charge is 2.53. The molecule has 6 aromatic rings. The van der Waals surface area contributed by atoms with E-state index in [4.69, 9.17) is 15.0 Å². The van der Waals surface area contributed by atoms with E-state index < -0.39 is 5.72 Å². The lowest BCUT2D eigenvalue weighted by Crippen LogP contribution is -2.47. The summed E-state index contributed by atoms with van der Waals surface area (Å²) in [6.45, 7) is 4.21. The predicted octanol–water partition coefficient (Wildman–Crippen LogP) is 7.72. The number of pyridine rings is 1. The van der Waals surface area contributed by atoms with Crippen LogP contribution in [0.15, 0.2) is 126 Å². The Morgan fingerprint density at radius 2 is 1.65 bits per heavy atom. The molecule has 0 saturated carbocycles. The van der Waals surface area contributed by atoms with E-state index in [9.17, 15) is 0 Å². The zero-order valence-electron chi connectivity index (χ0n) is 23.8. The third kappa shape index (κ3) is 4.29. The molecule has 0 radical (unpaired) electrons. The van der Waals surface area contributed by atoms with Crippen molar-refractivity contribution in [3.8, 4) is 5.82 Å². The summed E-state index contributed by atoms with van der Waals surface area (Å²) >= 11 is 1.83. The Labute approximate surface area is 253 Å². The number of hydrogen-bond acceptors (Lipinski definition) is 7. The van der Waals surface area contributed by atoms with Gasteiger partial charge in [-0.25, -0.2) is 14.6 Å². The van der Waals surface area contributed by atoms with E-state index in [1.807, 2.05) is 17.8 Å². The Morgan fingerprint density at radius 3 is 2.47 bits per heavy atom. The zero-order chi connectivity index (χ0) is 29.0. The Balaban J connectivity index is 1.37. The summed E-state index contributed by atoms with van der Waals surface area (Å²) in [6, 6.07) is 36.1. The van der Waals surface area contributed by atoms with E-state index in [1.54, 1.807) is 17.3 Å². The number of hydrogen-bond donors (Lipinski definition) is 0. The zero-order valence-corrected chi connectivity index (χ0v) is 24.6. The van der Waals surface area contributed by atoms with Crippen LogP contribution in [0, 0.1) is 13.8 Å². The molecule has 0 aliphatic carbocycles. The number of anilines is 1. The number of amidine groups is 1. The molecule has 0 N–H and O–H groups in total. The lowest BCUT2D eigenvalue weighted by atomic mass is 9.91. The van der Waals surface area contributed by atoms with Gasteiger partial charge in [0.15, 0.2) is 11.7 Å². The molecule has 0 bridgehead atoms. The summed E-state index contributed by atoms with van der Waals surface area (Å²) in [6.07, 6.45) is 3.87. The first-order valence-corrected chi connectivity index (χ1v) is 15.2. The van der Waals surface area contributed by atoms with Gasteiger partial charge in [-0.05, 0) is 44.2 Å². The van der Waals surface area contributed by atoms with Crippen LogP contribution in [0.25, 0.3) is 16.7 Å². The highest BCUT2D eigenvalue weighted by Crippen LogP contribution is 2.56. The molecule has 2 aliphatic heterocycles. The molecular weight excluding hydrogens is 552 g/mol. The van der Waals surface area contributed by atoms with E-state index in [-0.39, 0.29) is 5.25 Å². The minimum absolute atomic E-state index is 0.0597. The standard InChI is InChI=1S/C35H28N6OS/c1-23-12-15-25(16-13-23)33-39-42-35(27-8-4-3-5-9-27)20-32(43-31-11-7-6-10-30(31)41(33)35)28-19-26-18-24(2)14-17-29(26)38-34(28)40-22-36-21-37-40/h3-19,21-22,32H,20H2,1-2H3. The summed E-state index contributed by atoms with van der Waals surface area (Å²) in [5.74, 6) is 1.56. The number of thioether (sulfide) groups is 1. The molecule has 210 valence electrons. The molecule has 0 saturated heterocycles. The second-order valence-corrected chi connectivity index (χ2v) is 12.3. The minimum Gasteiger partial charge on any atom is -0.360 e. The van der Waals surface area contributed by atoms with Gasteiger partial charge in [-0.2, -0.15) is 5.10 Å². The number of nitrogens with zero attached hydrogens (tertiary/aromatic N) is 6. The predicted molar refractivity (Wildman–Crippen MR) is 170 cm³/mol. The van der Waals surface area contributed by atoms with Gasteiger partial charge in [-0.1, -0.05) is 89.1 Å². The van der Waals surface area contributed by atoms with Crippen LogP contribution in [0.3, 0.4) is 0 Å². The Bertz CT molecular complexity index is 1990. The number of oxime groups is 1. The van der Waals surface area contributed by atoms with E-state index in [0.717, 1.165) is 49.8 Å². The summed E-state index contributed by atoms with van der Waals surface area (Å²) in [5, 5.41) is 10.4. The first kappa shape index (κ1) is 25.7. The van der Waals surface area contributed by atoms with Crippen LogP contribution >= 0.6 is 11.8 Å². The van der Waals surface area contributed by atoms with Crippen LogP contribution in [0.5, 0.6) is 0 Å². The lowest BCUT2D eigenvalue weighted by Gasteiger charge is -2.38. The molecule has 2 aliphatic rings. The Morgan fingerprint density at radius 1 is 0.860 bits per heavy atom. The average molecular weight is 581 g/mol. The van der Waals surface area contributed by atoms with Gasteiger partial charge in [0.05, 0.1) is 11.2 Å². The average Bonchev–Trinajstić information content (AvgIpc) is 3.68. The van der Waals surface area contributed by atoms with Gasteiger partial charge in [-0.3, -0.25) is 4.90 Å². The fourth-order valence-corrected chi connectivity index (χ4v) is 7.45. The second-order valence-electron chi connectivity index (χ2n) is 11.1. The van der Waals surface area contributed by atoms with Crippen LogP contribution in [0.1, 0.15) is 39.5 Å². The third-order valence-corrected chi connectivity index (χ3v) is 9.49. The number of rotatable bonds is 4. The van der Waals surface area contributed by atoms with Crippen LogP contribution in [0.4, 0.5) is 5.69 Å². The first-order valence-electron chi connectivity index (χ1n) is 14.3. The number of benzene rings is 4. The van der Waals surface area contributed by atoms with E-state index in [2.05, 4.69) is 126 Å². The lowest BCUT2D eigenvalue weighted by molar-refractivity contribution is -0.0283. The topological polar surface area (TPSA) is 68.4 Å². The van der Waals surface area contributed by atoms with Crippen molar-refractivity contribution in [1.29, 1.82) is 0 Å². The smallest absolute Gasteiger partial charge is 0.242 e. The van der Waals surface area contributed by atoms with Crippen LogP contribution in [-0.4, -0.2) is 25.6 Å². The monoisotopic (exact) mass is 580 g/mol. The Hall–Kier alpha value is -4.95. The fourth-order valence-electron chi connectivity index (χ4n) is 6.09. The largest absolute Gasteiger partial charge is 0.360 e. The normalized spacial score (nSPS) is 19.3. The molecular formula is C35H28N6OS. The molecule has 8 rings (SSSR count). The highest BCUT2D eigenvalue weighted by atomic mass is 32.2. The maximum atomic E-state index is 6.70. The van der Waals surface area contributed by atoms with Gasteiger partial charge < -0.3 is 4.84 Å². The molecule has 43 heavy (non-hydrogen) atoms. The van der Waals surface area contributed by atoms with Crippen molar-refractivity contribution >= 4 is 34.2 Å². The van der Waals surface area contributed by atoms with Gasteiger partial charge in [-0.15, -0.1) is 11.8 Å². The van der Waals surface area contributed by atoms with Crippen molar-refractivity contribution in [3.05, 3.63) is 144 Å². The molecule has 2 atom stereocenters. The van der Waals surface area contributed by atoms with E-state index in [1.165, 1.54) is 11.1 Å². The third-order valence-electron chi connectivity index (χ3n) is 8.19. The van der Waals surface area contributed by atoms with Crippen molar-refractivity contribution in [3.63, 3.8) is 0 Å². The second kappa shape index (κ2) is 10.1. The molecule has 8 heteroatoms. The summed E-state index contributed by atoms with van der Waals surface area (Å²) in [5.41, 5.74) is 6.57. The van der Waals surface area contributed by atoms with Gasteiger partial charge >= 0.3 is 0 Å². The van der Waals surface area contributed by atoms with Crippen LogP contribution < -0.4 is 4.90 Å². The van der Waals surface area contributed by atoms with Crippen LogP contribution in [0.2, 0.25) is 0 Å². The minimum atomic E-state index is -0.896. The summed E-state index contributed by atoms with van der Waals surface area (Å²) in [7, 11) is 0.